The van der Waals surface area contributed by atoms with Crippen LogP contribution in [0.2, 0.25) is 15.9 Å². The van der Waals surface area contributed by atoms with Gasteiger partial charge in [0.05, 0.1) is 11.2 Å². The van der Waals surface area contributed by atoms with Gasteiger partial charge in [-0.2, -0.15) is 24.9 Å². The highest BCUT2D eigenvalue weighted by atomic mass is 35.5. The van der Waals surface area contributed by atoms with Gasteiger partial charge in [0.15, 0.2) is 17.5 Å². The molecule has 1 saturated heterocycles. The van der Waals surface area contributed by atoms with Crippen LogP contribution in [0.1, 0.15) is 27.7 Å². The van der Waals surface area contributed by atoms with Gasteiger partial charge in [-0.15, -0.1) is 22.7 Å². The number of halogens is 3. The zero-order valence-corrected chi connectivity index (χ0v) is 48.7. The predicted molar refractivity (Wildman–Crippen MR) is 345 cm³/mol. The lowest BCUT2D eigenvalue weighted by Crippen LogP contribution is -2.41. The van der Waals surface area contributed by atoms with Gasteiger partial charge >= 0.3 is 7.12 Å². The number of hydrogen-bond acceptors (Lipinski definition) is 10. The zero-order chi connectivity index (χ0) is 56.1. The van der Waals surface area contributed by atoms with Gasteiger partial charge in [0.1, 0.15) is 0 Å². The summed E-state index contributed by atoms with van der Waals surface area (Å²) in [5.41, 5.74) is 8.02. The first-order chi connectivity index (χ1) is 39.8. The third-order valence-electron chi connectivity index (χ3n) is 15.2. The first-order valence-electron chi connectivity index (χ1n) is 26.7. The molecule has 0 aliphatic carbocycles. The second-order valence-corrected chi connectivity index (χ2v) is 24.0. The molecule has 0 atom stereocenters. The molecule has 0 radical (unpaired) electrons. The first kappa shape index (κ1) is 53.4. The molecule has 14 heteroatoms. The Morgan fingerprint density at radius 2 is 0.756 bits per heavy atom. The van der Waals surface area contributed by atoms with E-state index in [2.05, 4.69) is 210 Å². The van der Waals surface area contributed by atoms with Crippen LogP contribution in [0.25, 0.3) is 118 Å². The number of rotatable bonds is 6. The van der Waals surface area contributed by atoms with Gasteiger partial charge < -0.3 is 9.31 Å². The van der Waals surface area contributed by atoms with Crippen LogP contribution >= 0.6 is 57.5 Å². The largest absolute Gasteiger partial charge is 0.495 e. The summed E-state index contributed by atoms with van der Waals surface area (Å²) in [6.45, 7) is 8.43. The fraction of sp³-hybridized carbons (Fsp3) is 0.0882. The molecule has 5 heterocycles. The highest BCUT2D eigenvalue weighted by molar-refractivity contribution is 7.26. The van der Waals surface area contributed by atoms with E-state index >= 15 is 0 Å². The van der Waals surface area contributed by atoms with Gasteiger partial charge in [-0.05, 0) is 148 Å². The van der Waals surface area contributed by atoms with Crippen molar-refractivity contribution in [3.8, 4) is 56.4 Å². The van der Waals surface area contributed by atoms with Crippen molar-refractivity contribution in [3.05, 3.63) is 234 Å². The minimum absolute atomic E-state index is 0.101. The maximum Gasteiger partial charge on any atom is 0.495 e. The monoisotopic (exact) mass is 1160 g/mol. The fourth-order valence-electron chi connectivity index (χ4n) is 10.6. The van der Waals surface area contributed by atoms with E-state index in [1.54, 1.807) is 11.3 Å². The molecule has 0 unspecified atom stereocenters. The summed E-state index contributed by atoms with van der Waals surface area (Å²) in [5, 5.41) is 10.2. The van der Waals surface area contributed by atoms with Crippen molar-refractivity contribution in [3.63, 3.8) is 0 Å². The molecule has 0 saturated carbocycles. The van der Waals surface area contributed by atoms with Crippen LogP contribution in [0.15, 0.2) is 218 Å². The maximum atomic E-state index is 6.43. The van der Waals surface area contributed by atoms with Crippen LogP contribution < -0.4 is 5.46 Å². The maximum absolute atomic E-state index is 6.43. The molecule has 1 aliphatic heterocycles. The van der Waals surface area contributed by atoms with Crippen LogP contribution in [0.3, 0.4) is 0 Å². The molecule has 0 N–H and O–H groups in total. The Bertz CT molecular complexity index is 4690. The Balaban J connectivity index is 0.000000126. The molecule has 8 nitrogen and oxygen atoms in total. The smallest absolute Gasteiger partial charge is 0.399 e. The highest BCUT2D eigenvalue weighted by Gasteiger charge is 2.52. The number of aromatic nitrogens is 6. The van der Waals surface area contributed by atoms with Crippen molar-refractivity contribution in [2.45, 2.75) is 38.9 Å². The Morgan fingerprint density at radius 1 is 0.341 bits per heavy atom. The second-order valence-electron chi connectivity index (χ2n) is 20.8. The minimum Gasteiger partial charge on any atom is -0.399 e. The molecule has 4 aromatic heterocycles. The molecule has 1 aliphatic rings. The summed E-state index contributed by atoms with van der Waals surface area (Å²) in [7, 11) is -0.372. The SMILES string of the molecule is CC1(C)OB(c2cccc3sc4ccc(-c5cccc6ccccc56)cc4c23)OC1(C)C.Clc1nc(-c2ccccc2)nc(-c2cccc3sc4ccc(-c5cccc6ccccc56)cc4c23)n1.Clc1nc(Cl)nc(-c2ccccc2)n1. The van der Waals surface area contributed by atoms with Crippen molar-refractivity contribution in [1.29, 1.82) is 0 Å². The average molecular weight is 1160 g/mol. The molecular weight excluding hydrogens is 1110 g/mol. The summed E-state index contributed by atoms with van der Waals surface area (Å²) < 4.78 is 17.8. The predicted octanol–water partition coefficient (Wildman–Crippen LogP) is 19.1. The molecule has 0 spiro atoms. The fourth-order valence-corrected chi connectivity index (χ4v) is 13.3. The van der Waals surface area contributed by atoms with Crippen molar-refractivity contribution in [2.24, 2.45) is 0 Å². The summed E-state index contributed by atoms with van der Waals surface area (Å²) in [6, 6.07) is 75.7. The van der Waals surface area contributed by atoms with E-state index in [0.717, 1.165) is 27.5 Å². The molecule has 15 rings (SSSR count). The lowest BCUT2D eigenvalue weighted by molar-refractivity contribution is 0.00578. The van der Waals surface area contributed by atoms with E-state index in [4.69, 9.17) is 49.1 Å². The van der Waals surface area contributed by atoms with Crippen molar-refractivity contribution < 1.29 is 9.31 Å². The van der Waals surface area contributed by atoms with Gasteiger partial charge in [0, 0.05) is 57.0 Å². The zero-order valence-electron chi connectivity index (χ0n) is 44.8. The van der Waals surface area contributed by atoms with Crippen LogP contribution in [-0.4, -0.2) is 48.2 Å². The summed E-state index contributed by atoms with van der Waals surface area (Å²) in [4.78, 5) is 25.3. The van der Waals surface area contributed by atoms with Crippen LogP contribution in [0, 0.1) is 0 Å². The first-order valence-corrected chi connectivity index (χ1v) is 29.4. The molecule has 14 aromatic rings. The van der Waals surface area contributed by atoms with Crippen molar-refractivity contribution in [2.75, 3.05) is 0 Å². The number of nitrogens with zero attached hydrogens (tertiary/aromatic N) is 6. The van der Waals surface area contributed by atoms with Gasteiger partial charge in [0.2, 0.25) is 15.9 Å². The van der Waals surface area contributed by atoms with Gasteiger partial charge in [-0.25, -0.2) is 4.98 Å². The summed E-state index contributed by atoms with van der Waals surface area (Å²) >= 11 is 21.3. The van der Waals surface area contributed by atoms with E-state index in [-0.39, 0.29) is 34.2 Å². The average Bonchev–Trinajstić information content (AvgIpc) is 4.25. The van der Waals surface area contributed by atoms with Gasteiger partial charge in [-0.1, -0.05) is 182 Å². The molecule has 82 heavy (non-hydrogen) atoms. The second kappa shape index (κ2) is 22.1. The molecule has 1 fully saturated rings. The van der Waals surface area contributed by atoms with E-state index in [0.29, 0.717) is 17.5 Å². The number of fused-ring (bicyclic) bond motifs is 8. The Hall–Kier alpha value is -7.97. The van der Waals surface area contributed by atoms with Crippen molar-refractivity contribution in [1.82, 2.24) is 29.9 Å². The van der Waals surface area contributed by atoms with Crippen LogP contribution in [0.4, 0.5) is 0 Å². The lowest BCUT2D eigenvalue weighted by atomic mass is 9.76. The van der Waals surface area contributed by atoms with Crippen LogP contribution in [-0.2, 0) is 9.31 Å². The topological polar surface area (TPSA) is 95.8 Å². The van der Waals surface area contributed by atoms with Gasteiger partial charge in [-0.3, -0.25) is 0 Å². The number of hydrogen-bond donors (Lipinski definition) is 0. The molecule has 0 amide bonds. The van der Waals surface area contributed by atoms with Crippen molar-refractivity contribution >= 4 is 132 Å². The third kappa shape index (κ3) is 10.4. The Morgan fingerprint density at radius 3 is 1.30 bits per heavy atom. The molecule has 0 bridgehead atoms. The highest BCUT2D eigenvalue weighted by Crippen LogP contribution is 2.44. The summed E-state index contributed by atoms with van der Waals surface area (Å²) in [5.74, 6) is 1.63. The third-order valence-corrected chi connectivity index (χ3v) is 18.0. The molecular formula is C68H48BCl3N6O2S2. The van der Waals surface area contributed by atoms with E-state index < -0.39 is 0 Å². The number of benzene rings is 10. The quantitative estimate of drug-likeness (QED) is 0.152. The Labute approximate surface area is 497 Å². The Kier molecular flexibility index (Phi) is 14.4. The van der Waals surface area contributed by atoms with E-state index in [9.17, 15) is 0 Å². The standard InChI is InChI=1S/C31H18ClN3S.C28H25BO2S.C9H5Cl2N3/c32-31-34-29(20-9-2-1-3-10-20)33-30(35-31)24-14-7-15-27-28(24)25-18-21(16-17-26(25)36-27)23-13-6-11-19-8-4-5-12-22(19)23;1-27(2)28(3,4)31-29(30-27)23-13-8-14-25-26(23)22-17-19(15-16-24(22)32-25)21-12-7-10-18-9-5-6-11-20(18)21;10-8-12-7(13-9(11)14-8)6-4-2-1-3-5-6/h1-18H;5-17H,1-4H3;1-5H. The minimum atomic E-state index is -0.372. The summed E-state index contributed by atoms with van der Waals surface area (Å²) in [6.07, 6.45) is 0. The normalized spacial score (nSPS) is 13.6. The molecule has 10 aromatic carbocycles. The van der Waals surface area contributed by atoms with E-state index in [1.165, 1.54) is 78.8 Å². The van der Waals surface area contributed by atoms with Crippen LogP contribution in [0.5, 0.6) is 0 Å². The number of thiophene rings is 2. The molecule has 398 valence electrons. The van der Waals surface area contributed by atoms with E-state index in [1.807, 2.05) is 72.0 Å². The van der Waals surface area contributed by atoms with Gasteiger partial charge in [0.25, 0.3) is 0 Å². The lowest BCUT2D eigenvalue weighted by Gasteiger charge is -2.32.